The van der Waals surface area contributed by atoms with Gasteiger partial charge in [-0.05, 0) is 51.0 Å². The molecule has 0 atom stereocenters. The molecule has 16 heavy (non-hydrogen) atoms. The molecule has 0 radical (unpaired) electrons. The zero-order valence-corrected chi connectivity index (χ0v) is 10.3. The van der Waals surface area contributed by atoms with Gasteiger partial charge in [0.1, 0.15) is 5.82 Å². The first-order valence-corrected chi connectivity index (χ1v) is 5.74. The lowest BCUT2D eigenvalue weighted by Crippen LogP contribution is -2.04. The molecule has 0 unspecified atom stereocenters. The Kier molecular flexibility index (Phi) is 3.28. The molecule has 0 aliphatic heterocycles. The van der Waals surface area contributed by atoms with Crippen LogP contribution in [0.2, 0.25) is 0 Å². The molecule has 0 bridgehead atoms. The second-order valence-electron chi connectivity index (χ2n) is 3.35. The third-order valence-corrected chi connectivity index (χ3v) is 2.78. The van der Waals surface area contributed by atoms with Crippen LogP contribution in [0.1, 0.15) is 19.2 Å². The van der Waals surface area contributed by atoms with Crippen molar-refractivity contribution in [2.75, 3.05) is 0 Å². The standard InChI is InChI=1S/C10H10BrFN4/c1-2-3-10-13-14-15-16(10)9-5-4-7(12)6-8(9)11/h4-6H,2-3H2,1H3. The number of benzene rings is 1. The van der Waals surface area contributed by atoms with Gasteiger partial charge in [-0.15, -0.1) is 5.10 Å². The fourth-order valence-corrected chi connectivity index (χ4v) is 1.94. The number of nitrogens with zero attached hydrogens (tertiary/aromatic N) is 4. The second-order valence-corrected chi connectivity index (χ2v) is 4.21. The van der Waals surface area contributed by atoms with Crippen molar-refractivity contribution >= 4 is 15.9 Å². The summed E-state index contributed by atoms with van der Waals surface area (Å²) in [5, 5.41) is 11.5. The zero-order chi connectivity index (χ0) is 11.5. The molecule has 4 nitrogen and oxygen atoms in total. The minimum Gasteiger partial charge on any atom is -0.207 e. The summed E-state index contributed by atoms with van der Waals surface area (Å²) in [5.41, 5.74) is 0.745. The van der Waals surface area contributed by atoms with E-state index in [2.05, 4.69) is 38.4 Å². The summed E-state index contributed by atoms with van der Waals surface area (Å²) in [6.45, 7) is 2.05. The van der Waals surface area contributed by atoms with Crippen LogP contribution < -0.4 is 0 Å². The normalized spacial score (nSPS) is 10.7. The number of tetrazole rings is 1. The molecule has 1 aromatic heterocycles. The van der Waals surface area contributed by atoms with Crippen molar-refractivity contribution in [2.24, 2.45) is 0 Å². The first-order valence-electron chi connectivity index (χ1n) is 4.95. The van der Waals surface area contributed by atoms with Gasteiger partial charge in [-0.2, -0.15) is 4.68 Å². The monoisotopic (exact) mass is 284 g/mol. The van der Waals surface area contributed by atoms with Crippen molar-refractivity contribution in [1.29, 1.82) is 0 Å². The molecule has 0 aliphatic rings. The number of hydrogen-bond donors (Lipinski definition) is 0. The van der Waals surface area contributed by atoms with Gasteiger partial charge in [-0.1, -0.05) is 6.92 Å². The zero-order valence-electron chi connectivity index (χ0n) is 8.69. The Bertz CT molecular complexity index is 497. The molecular weight excluding hydrogens is 275 g/mol. The largest absolute Gasteiger partial charge is 0.207 e. The summed E-state index contributed by atoms with van der Waals surface area (Å²) < 4.78 is 15.2. The van der Waals surface area contributed by atoms with Crippen LogP contribution in [-0.4, -0.2) is 20.2 Å². The third kappa shape index (κ3) is 2.11. The van der Waals surface area contributed by atoms with Crippen LogP contribution in [0.4, 0.5) is 4.39 Å². The quantitative estimate of drug-likeness (QED) is 0.870. The van der Waals surface area contributed by atoms with Crippen LogP contribution in [0.3, 0.4) is 0 Å². The first kappa shape index (κ1) is 11.2. The average molecular weight is 285 g/mol. The van der Waals surface area contributed by atoms with Gasteiger partial charge < -0.3 is 0 Å². The van der Waals surface area contributed by atoms with Gasteiger partial charge in [0.05, 0.1) is 5.69 Å². The van der Waals surface area contributed by atoms with E-state index in [4.69, 9.17) is 0 Å². The summed E-state index contributed by atoms with van der Waals surface area (Å²) in [5.74, 6) is 0.482. The molecule has 0 spiro atoms. The fraction of sp³-hybridized carbons (Fsp3) is 0.300. The Balaban J connectivity index is 2.46. The van der Waals surface area contributed by atoms with Crippen LogP contribution in [0.15, 0.2) is 22.7 Å². The lowest BCUT2D eigenvalue weighted by Gasteiger charge is -2.05. The van der Waals surface area contributed by atoms with Gasteiger partial charge in [0.15, 0.2) is 5.82 Å². The number of aryl methyl sites for hydroxylation is 1. The lowest BCUT2D eigenvalue weighted by atomic mass is 10.3. The summed E-state index contributed by atoms with van der Waals surface area (Å²) >= 11 is 3.30. The Morgan fingerprint density at radius 2 is 2.25 bits per heavy atom. The number of aromatic nitrogens is 4. The lowest BCUT2D eigenvalue weighted by molar-refractivity contribution is 0.625. The van der Waals surface area contributed by atoms with Crippen molar-refractivity contribution in [1.82, 2.24) is 20.2 Å². The van der Waals surface area contributed by atoms with E-state index in [-0.39, 0.29) is 5.82 Å². The third-order valence-electron chi connectivity index (χ3n) is 2.15. The molecule has 0 aliphatic carbocycles. The summed E-state index contributed by atoms with van der Waals surface area (Å²) in [7, 11) is 0. The number of hydrogen-bond acceptors (Lipinski definition) is 3. The molecule has 1 heterocycles. The second kappa shape index (κ2) is 4.69. The van der Waals surface area contributed by atoms with E-state index in [1.165, 1.54) is 12.1 Å². The minimum atomic E-state index is -0.291. The highest BCUT2D eigenvalue weighted by Gasteiger charge is 2.10. The van der Waals surface area contributed by atoms with Crippen LogP contribution in [0, 0.1) is 5.82 Å². The van der Waals surface area contributed by atoms with Gasteiger partial charge in [-0.3, -0.25) is 0 Å². The summed E-state index contributed by atoms with van der Waals surface area (Å²) in [4.78, 5) is 0. The van der Waals surface area contributed by atoms with Gasteiger partial charge in [0, 0.05) is 10.9 Å². The van der Waals surface area contributed by atoms with Crippen molar-refractivity contribution in [2.45, 2.75) is 19.8 Å². The van der Waals surface area contributed by atoms with Gasteiger partial charge in [0.2, 0.25) is 0 Å². The van der Waals surface area contributed by atoms with E-state index in [1.807, 2.05) is 0 Å². The van der Waals surface area contributed by atoms with Crippen LogP contribution >= 0.6 is 15.9 Å². The Morgan fingerprint density at radius 3 is 2.94 bits per heavy atom. The van der Waals surface area contributed by atoms with Crippen molar-refractivity contribution < 1.29 is 4.39 Å². The maximum absolute atomic E-state index is 12.9. The summed E-state index contributed by atoms with van der Waals surface area (Å²) in [6.07, 6.45) is 1.75. The van der Waals surface area contributed by atoms with E-state index in [0.717, 1.165) is 24.4 Å². The SMILES string of the molecule is CCCc1nnnn1-c1ccc(F)cc1Br. The van der Waals surface area contributed by atoms with Crippen LogP contribution in [-0.2, 0) is 6.42 Å². The van der Waals surface area contributed by atoms with Crippen LogP contribution in [0.25, 0.3) is 5.69 Å². The molecule has 0 N–H and O–H groups in total. The molecule has 0 amide bonds. The van der Waals surface area contributed by atoms with E-state index < -0.39 is 0 Å². The predicted molar refractivity (Wildman–Crippen MR) is 60.8 cm³/mol. The molecule has 84 valence electrons. The maximum atomic E-state index is 12.9. The Labute approximate surface area is 101 Å². The number of rotatable bonds is 3. The molecule has 1 aromatic carbocycles. The van der Waals surface area contributed by atoms with Gasteiger partial charge >= 0.3 is 0 Å². The molecule has 6 heteroatoms. The Morgan fingerprint density at radius 1 is 1.44 bits per heavy atom. The average Bonchev–Trinajstić information content (AvgIpc) is 2.67. The highest BCUT2D eigenvalue weighted by molar-refractivity contribution is 9.10. The minimum absolute atomic E-state index is 0.291. The van der Waals surface area contributed by atoms with E-state index >= 15 is 0 Å². The van der Waals surface area contributed by atoms with E-state index in [0.29, 0.717) is 4.47 Å². The van der Waals surface area contributed by atoms with E-state index in [9.17, 15) is 4.39 Å². The topological polar surface area (TPSA) is 43.6 Å². The highest BCUT2D eigenvalue weighted by atomic mass is 79.9. The molecule has 2 rings (SSSR count). The molecular formula is C10H10BrFN4. The van der Waals surface area contributed by atoms with Crippen molar-refractivity contribution in [3.8, 4) is 5.69 Å². The van der Waals surface area contributed by atoms with Gasteiger partial charge in [-0.25, -0.2) is 4.39 Å². The van der Waals surface area contributed by atoms with E-state index in [1.54, 1.807) is 10.7 Å². The fourth-order valence-electron chi connectivity index (χ4n) is 1.43. The van der Waals surface area contributed by atoms with Crippen molar-refractivity contribution in [3.05, 3.63) is 34.3 Å². The smallest absolute Gasteiger partial charge is 0.156 e. The maximum Gasteiger partial charge on any atom is 0.156 e. The molecule has 0 saturated heterocycles. The molecule has 0 fully saturated rings. The van der Waals surface area contributed by atoms with Gasteiger partial charge in [0.25, 0.3) is 0 Å². The van der Waals surface area contributed by atoms with Crippen LogP contribution in [0.5, 0.6) is 0 Å². The van der Waals surface area contributed by atoms with Crippen molar-refractivity contribution in [3.63, 3.8) is 0 Å². The molecule has 2 aromatic rings. The molecule has 0 saturated carbocycles. The Hall–Kier alpha value is -1.30. The first-order chi connectivity index (χ1) is 7.72. The predicted octanol–water partition coefficient (Wildman–Crippen LogP) is 2.52. The summed E-state index contributed by atoms with van der Waals surface area (Å²) in [6, 6.07) is 4.43. The number of halogens is 2. The highest BCUT2D eigenvalue weighted by Crippen LogP contribution is 2.22.